The van der Waals surface area contributed by atoms with E-state index >= 15 is 0 Å². The molecule has 0 spiro atoms. The van der Waals surface area contributed by atoms with Crippen molar-refractivity contribution in [3.63, 3.8) is 0 Å². The van der Waals surface area contributed by atoms with Gasteiger partial charge in [-0.25, -0.2) is 0 Å². The number of esters is 1. The van der Waals surface area contributed by atoms with Crippen molar-refractivity contribution in [3.8, 4) is 0 Å². The van der Waals surface area contributed by atoms with E-state index < -0.39 is 0 Å². The first kappa shape index (κ1) is 16.8. The Bertz CT molecular complexity index is 367. The Balaban J connectivity index is 1.85. The van der Waals surface area contributed by atoms with Gasteiger partial charge in [0.25, 0.3) is 0 Å². The van der Waals surface area contributed by atoms with Gasteiger partial charge in [-0.1, -0.05) is 19.8 Å². The fourth-order valence-corrected chi connectivity index (χ4v) is 4.35. The zero-order chi connectivity index (χ0) is 15.7. The molecule has 1 aliphatic heterocycles. The number of rotatable bonds is 4. The van der Waals surface area contributed by atoms with Crippen LogP contribution in [-0.4, -0.2) is 23.2 Å². The minimum Gasteiger partial charge on any atom is -0.462 e. The molecule has 1 saturated carbocycles. The molecule has 3 nitrogen and oxygen atoms in total. The first-order chi connectivity index (χ1) is 9.73. The lowest BCUT2D eigenvalue weighted by molar-refractivity contribution is -0.157. The number of carbonyl (C=O) groups is 1. The minimum absolute atomic E-state index is 0.0111. The second-order valence-corrected chi connectivity index (χ2v) is 8.36. The fourth-order valence-electron chi connectivity index (χ4n) is 4.35. The zero-order valence-electron chi connectivity index (χ0n) is 14.5. The molecule has 3 heteroatoms. The van der Waals surface area contributed by atoms with Gasteiger partial charge < -0.3 is 10.1 Å². The monoisotopic (exact) mass is 295 g/mol. The van der Waals surface area contributed by atoms with Gasteiger partial charge >= 0.3 is 5.97 Å². The Hall–Kier alpha value is -0.570. The van der Waals surface area contributed by atoms with Crippen LogP contribution in [0, 0.1) is 11.8 Å². The third-order valence-corrected chi connectivity index (χ3v) is 5.30. The van der Waals surface area contributed by atoms with Gasteiger partial charge in [-0.15, -0.1) is 0 Å². The van der Waals surface area contributed by atoms with Crippen molar-refractivity contribution in [2.75, 3.05) is 0 Å². The van der Waals surface area contributed by atoms with Crippen LogP contribution < -0.4 is 5.32 Å². The van der Waals surface area contributed by atoms with Crippen molar-refractivity contribution < 1.29 is 9.53 Å². The summed E-state index contributed by atoms with van der Waals surface area (Å²) in [6.07, 6.45) is 8.18. The van der Waals surface area contributed by atoms with Gasteiger partial charge in [0.15, 0.2) is 0 Å². The van der Waals surface area contributed by atoms with E-state index in [1.165, 1.54) is 25.7 Å². The summed E-state index contributed by atoms with van der Waals surface area (Å²) in [5.41, 5.74) is -0.147. The molecule has 1 unspecified atom stereocenters. The molecular formula is C18H33NO2. The normalized spacial score (nSPS) is 34.6. The Morgan fingerprint density at radius 3 is 2.24 bits per heavy atom. The summed E-state index contributed by atoms with van der Waals surface area (Å²) in [7, 11) is 0. The lowest BCUT2D eigenvalue weighted by Gasteiger charge is -2.31. The Kier molecular flexibility index (Phi) is 5.02. The van der Waals surface area contributed by atoms with Crippen LogP contribution in [-0.2, 0) is 9.53 Å². The maximum absolute atomic E-state index is 12.6. The predicted octanol–water partition coefficient (Wildman–Crippen LogP) is 4.06. The van der Waals surface area contributed by atoms with E-state index in [9.17, 15) is 4.79 Å². The number of nitrogens with one attached hydrogen (secondary N) is 1. The van der Waals surface area contributed by atoms with Gasteiger partial charge in [0.1, 0.15) is 6.10 Å². The van der Waals surface area contributed by atoms with Crippen molar-refractivity contribution in [1.29, 1.82) is 0 Å². The fraction of sp³-hybridized carbons (Fsp3) is 0.944. The first-order valence-corrected chi connectivity index (χ1v) is 8.73. The molecule has 0 aromatic rings. The number of hydrogen-bond acceptors (Lipinski definition) is 3. The van der Waals surface area contributed by atoms with Crippen molar-refractivity contribution in [1.82, 2.24) is 5.32 Å². The number of ether oxygens (including phenoxy) is 1. The molecule has 0 aromatic carbocycles. The molecule has 1 atom stereocenters. The van der Waals surface area contributed by atoms with Crippen LogP contribution in [0.15, 0.2) is 0 Å². The summed E-state index contributed by atoms with van der Waals surface area (Å²) in [5, 5.41) is 3.56. The van der Waals surface area contributed by atoms with E-state index in [2.05, 4.69) is 39.9 Å². The van der Waals surface area contributed by atoms with Gasteiger partial charge in [-0.05, 0) is 65.7 Å². The number of carbonyl (C=O) groups excluding carboxylic acids is 1. The van der Waals surface area contributed by atoms with Gasteiger partial charge in [0.2, 0.25) is 0 Å². The molecule has 0 aromatic heterocycles. The molecule has 1 aliphatic carbocycles. The minimum atomic E-state index is -0.167. The third-order valence-electron chi connectivity index (χ3n) is 5.30. The maximum atomic E-state index is 12.6. The summed E-state index contributed by atoms with van der Waals surface area (Å²) < 4.78 is 5.85. The highest BCUT2D eigenvalue weighted by Crippen LogP contribution is 2.37. The van der Waals surface area contributed by atoms with E-state index in [4.69, 9.17) is 4.74 Å². The molecule has 0 radical (unpaired) electrons. The summed E-state index contributed by atoms with van der Waals surface area (Å²) in [4.78, 5) is 12.6. The average molecular weight is 295 g/mol. The summed E-state index contributed by atoms with van der Waals surface area (Å²) in [5.74, 6) is 0.839. The highest BCUT2D eigenvalue weighted by atomic mass is 16.5. The van der Waals surface area contributed by atoms with Crippen molar-refractivity contribution in [2.24, 2.45) is 11.8 Å². The van der Waals surface area contributed by atoms with Crippen molar-refractivity contribution in [3.05, 3.63) is 0 Å². The lowest BCUT2D eigenvalue weighted by atomic mass is 9.84. The highest BCUT2D eigenvalue weighted by Gasteiger charge is 2.48. The van der Waals surface area contributed by atoms with Crippen molar-refractivity contribution >= 4 is 5.97 Å². The molecule has 2 fully saturated rings. The molecule has 21 heavy (non-hydrogen) atoms. The average Bonchev–Trinajstić information content (AvgIpc) is 2.60. The van der Waals surface area contributed by atoms with Crippen molar-refractivity contribution in [2.45, 2.75) is 96.7 Å². The van der Waals surface area contributed by atoms with Crippen LogP contribution in [0.1, 0.15) is 79.6 Å². The molecule has 2 rings (SSSR count). The van der Waals surface area contributed by atoms with Crippen LogP contribution >= 0.6 is 0 Å². The summed E-state index contributed by atoms with van der Waals surface area (Å²) in [6, 6.07) is 0. The lowest BCUT2D eigenvalue weighted by Crippen LogP contribution is -2.47. The smallest absolute Gasteiger partial charge is 0.311 e. The van der Waals surface area contributed by atoms with Crippen LogP contribution in [0.5, 0.6) is 0 Å². The van der Waals surface area contributed by atoms with E-state index in [-0.39, 0.29) is 29.1 Å². The second-order valence-electron chi connectivity index (χ2n) is 8.36. The molecular weight excluding hydrogens is 262 g/mol. The van der Waals surface area contributed by atoms with Gasteiger partial charge in [0, 0.05) is 11.1 Å². The van der Waals surface area contributed by atoms with Crippen LogP contribution in [0.25, 0.3) is 0 Å². The SMILES string of the molecule is CCCC1CCC(OC(=O)C2CC(C)(C)NC2(C)C)CC1. The van der Waals surface area contributed by atoms with Gasteiger partial charge in [-0.2, -0.15) is 0 Å². The van der Waals surface area contributed by atoms with Crippen LogP contribution in [0.4, 0.5) is 0 Å². The molecule has 1 N–H and O–H groups in total. The standard InChI is InChI=1S/C18H33NO2/c1-6-7-13-8-10-14(11-9-13)21-16(20)15-12-17(2,3)19-18(15,4)5/h13-15,19H,6-12H2,1-5H3. The zero-order valence-corrected chi connectivity index (χ0v) is 14.5. The number of hydrogen-bond donors (Lipinski definition) is 1. The topological polar surface area (TPSA) is 38.3 Å². The second kappa shape index (κ2) is 6.28. The summed E-state index contributed by atoms with van der Waals surface area (Å²) >= 11 is 0. The van der Waals surface area contributed by atoms with E-state index in [1.54, 1.807) is 0 Å². The molecule has 0 bridgehead atoms. The molecule has 0 amide bonds. The predicted molar refractivity (Wildman–Crippen MR) is 86.1 cm³/mol. The summed E-state index contributed by atoms with van der Waals surface area (Å²) in [6.45, 7) is 10.8. The van der Waals surface area contributed by atoms with Gasteiger partial charge in [0.05, 0.1) is 5.92 Å². The van der Waals surface area contributed by atoms with Gasteiger partial charge in [-0.3, -0.25) is 4.79 Å². The third kappa shape index (κ3) is 4.21. The first-order valence-electron chi connectivity index (χ1n) is 8.73. The molecule has 1 heterocycles. The van der Waals surface area contributed by atoms with E-state index in [0.717, 1.165) is 25.2 Å². The van der Waals surface area contributed by atoms with Crippen LogP contribution in [0.2, 0.25) is 0 Å². The molecule has 1 saturated heterocycles. The molecule has 2 aliphatic rings. The van der Waals surface area contributed by atoms with E-state index in [0.29, 0.717) is 0 Å². The Morgan fingerprint density at radius 2 is 1.76 bits per heavy atom. The Labute approximate surface area is 130 Å². The highest BCUT2D eigenvalue weighted by molar-refractivity contribution is 5.75. The largest absolute Gasteiger partial charge is 0.462 e. The maximum Gasteiger partial charge on any atom is 0.311 e. The van der Waals surface area contributed by atoms with E-state index in [1.807, 2.05) is 0 Å². The Morgan fingerprint density at radius 1 is 1.14 bits per heavy atom. The quantitative estimate of drug-likeness (QED) is 0.795. The van der Waals surface area contributed by atoms with Crippen LogP contribution in [0.3, 0.4) is 0 Å². The molecule has 122 valence electrons.